The summed E-state index contributed by atoms with van der Waals surface area (Å²) in [4.78, 5) is 0. The summed E-state index contributed by atoms with van der Waals surface area (Å²) >= 11 is 5.46. The van der Waals surface area contributed by atoms with Crippen molar-refractivity contribution < 1.29 is 0 Å². The van der Waals surface area contributed by atoms with Gasteiger partial charge in [-0.25, -0.2) is 0 Å². The molecule has 0 heterocycles. The van der Waals surface area contributed by atoms with Crippen molar-refractivity contribution in [3.05, 3.63) is 34.3 Å². The Morgan fingerprint density at radius 1 is 1.22 bits per heavy atom. The minimum atomic E-state index is 0.379. The molecule has 3 heteroatoms. The van der Waals surface area contributed by atoms with Crippen molar-refractivity contribution >= 4 is 27.7 Å². The van der Waals surface area contributed by atoms with Crippen molar-refractivity contribution in [2.75, 3.05) is 12.8 Å². The molecule has 1 aromatic carbocycles. The first kappa shape index (κ1) is 16.1. The molecule has 0 aliphatic heterocycles. The van der Waals surface area contributed by atoms with Gasteiger partial charge in [-0.3, -0.25) is 0 Å². The number of thioether (sulfide) groups is 1. The van der Waals surface area contributed by atoms with E-state index in [1.54, 1.807) is 0 Å². The van der Waals surface area contributed by atoms with E-state index in [0.717, 1.165) is 11.0 Å². The molecule has 1 rings (SSSR count). The maximum Gasteiger partial charge on any atom is 0.0292 e. The molecule has 1 nitrogen and oxygen atoms in total. The Morgan fingerprint density at radius 3 is 2.22 bits per heavy atom. The van der Waals surface area contributed by atoms with Gasteiger partial charge in [0, 0.05) is 21.8 Å². The van der Waals surface area contributed by atoms with Crippen molar-refractivity contribution in [2.24, 2.45) is 0 Å². The Labute approximate surface area is 124 Å². The molecule has 1 unspecified atom stereocenters. The van der Waals surface area contributed by atoms with Crippen LogP contribution in [0.25, 0.3) is 0 Å². The molecule has 0 aliphatic carbocycles. The van der Waals surface area contributed by atoms with Gasteiger partial charge < -0.3 is 5.32 Å². The summed E-state index contributed by atoms with van der Waals surface area (Å²) in [5.41, 5.74) is 1.35. The van der Waals surface area contributed by atoms with Crippen LogP contribution in [0.1, 0.15) is 45.2 Å². The van der Waals surface area contributed by atoms with Crippen LogP contribution in [0.4, 0.5) is 0 Å². The topological polar surface area (TPSA) is 12.0 Å². The second-order valence-electron chi connectivity index (χ2n) is 4.75. The van der Waals surface area contributed by atoms with E-state index >= 15 is 0 Å². The quantitative estimate of drug-likeness (QED) is 0.753. The lowest BCUT2D eigenvalue weighted by Gasteiger charge is -2.31. The van der Waals surface area contributed by atoms with E-state index in [1.165, 1.54) is 18.4 Å². The van der Waals surface area contributed by atoms with E-state index in [2.05, 4.69) is 72.5 Å². The molecule has 0 saturated heterocycles. The Kier molecular flexibility index (Phi) is 6.75. The maximum absolute atomic E-state index is 3.68. The molecule has 0 radical (unpaired) electrons. The fourth-order valence-electron chi connectivity index (χ4n) is 2.07. The van der Waals surface area contributed by atoms with Crippen molar-refractivity contribution in [3.8, 4) is 0 Å². The van der Waals surface area contributed by atoms with Gasteiger partial charge in [0.05, 0.1) is 0 Å². The van der Waals surface area contributed by atoms with Gasteiger partial charge in [-0.2, -0.15) is 11.8 Å². The summed E-state index contributed by atoms with van der Waals surface area (Å²) in [6.45, 7) is 7.87. The molecule has 18 heavy (non-hydrogen) atoms. The van der Waals surface area contributed by atoms with E-state index in [1.807, 2.05) is 11.8 Å². The van der Waals surface area contributed by atoms with Crippen molar-refractivity contribution in [1.29, 1.82) is 0 Å². The van der Waals surface area contributed by atoms with E-state index in [0.29, 0.717) is 10.8 Å². The zero-order valence-corrected chi connectivity index (χ0v) is 14.2. The molecule has 1 atom stereocenters. The number of rotatable bonds is 7. The van der Waals surface area contributed by atoms with Crippen molar-refractivity contribution in [2.45, 2.75) is 44.4 Å². The molecular weight excluding hydrogens is 306 g/mol. The lowest BCUT2D eigenvalue weighted by molar-refractivity contribution is 0.460. The summed E-state index contributed by atoms with van der Waals surface area (Å²) < 4.78 is 1.52. The Bertz CT molecular complexity index is 338. The van der Waals surface area contributed by atoms with Crippen LogP contribution in [0, 0.1) is 0 Å². The molecular formula is C15H24BrNS. The Morgan fingerprint density at radius 2 is 1.78 bits per heavy atom. The summed E-state index contributed by atoms with van der Waals surface area (Å²) in [5.74, 6) is 0. The molecule has 0 saturated carbocycles. The molecule has 0 aromatic heterocycles. The summed E-state index contributed by atoms with van der Waals surface area (Å²) in [6.07, 6.45) is 4.65. The third-order valence-corrected chi connectivity index (χ3v) is 5.94. The van der Waals surface area contributed by atoms with Crippen LogP contribution in [0.3, 0.4) is 0 Å². The molecule has 0 fully saturated rings. The van der Waals surface area contributed by atoms with Gasteiger partial charge in [-0.05, 0) is 43.7 Å². The van der Waals surface area contributed by atoms with Gasteiger partial charge >= 0.3 is 0 Å². The fourth-order valence-corrected chi connectivity index (χ4v) is 3.14. The number of hydrogen-bond donors (Lipinski definition) is 1. The lowest BCUT2D eigenvalue weighted by Crippen LogP contribution is -2.37. The van der Waals surface area contributed by atoms with Crippen LogP contribution < -0.4 is 5.32 Å². The molecule has 0 spiro atoms. The standard InChI is InChI=1S/C15H24BrNS/c1-5-15(6-2,18-4)11-17-12(3)13-7-9-14(16)10-8-13/h7-10,12,17H,5-6,11H2,1-4H3. The highest BCUT2D eigenvalue weighted by Gasteiger charge is 2.25. The van der Waals surface area contributed by atoms with Gasteiger partial charge in [-0.1, -0.05) is 41.9 Å². The molecule has 0 bridgehead atoms. The fraction of sp³-hybridized carbons (Fsp3) is 0.600. The van der Waals surface area contributed by atoms with Crippen LogP contribution in [-0.2, 0) is 0 Å². The minimum Gasteiger partial charge on any atom is -0.309 e. The van der Waals surface area contributed by atoms with Gasteiger partial charge in [0.15, 0.2) is 0 Å². The first-order valence-electron chi connectivity index (χ1n) is 6.61. The molecule has 0 aliphatic rings. The maximum atomic E-state index is 3.68. The normalized spacial score (nSPS) is 13.6. The monoisotopic (exact) mass is 329 g/mol. The largest absolute Gasteiger partial charge is 0.309 e. The first-order chi connectivity index (χ1) is 8.56. The zero-order chi connectivity index (χ0) is 13.6. The van der Waals surface area contributed by atoms with E-state index in [9.17, 15) is 0 Å². The second-order valence-corrected chi connectivity index (χ2v) is 6.94. The van der Waals surface area contributed by atoms with Crippen LogP contribution >= 0.6 is 27.7 Å². The predicted octanol–water partition coefficient (Wildman–Crippen LogP) is 5.02. The number of nitrogens with one attached hydrogen (secondary N) is 1. The SMILES string of the molecule is CCC(CC)(CNC(C)c1ccc(Br)cc1)SC. The third-order valence-electron chi connectivity index (χ3n) is 3.82. The van der Waals surface area contributed by atoms with Gasteiger partial charge in [0.1, 0.15) is 0 Å². The molecule has 102 valence electrons. The van der Waals surface area contributed by atoms with E-state index < -0.39 is 0 Å². The highest BCUT2D eigenvalue weighted by molar-refractivity contribution is 9.10. The average Bonchev–Trinajstić information content (AvgIpc) is 2.41. The summed E-state index contributed by atoms with van der Waals surface area (Å²) in [7, 11) is 0. The smallest absolute Gasteiger partial charge is 0.0292 e. The average molecular weight is 330 g/mol. The summed E-state index contributed by atoms with van der Waals surface area (Å²) in [5, 5.41) is 3.68. The van der Waals surface area contributed by atoms with Gasteiger partial charge in [0.25, 0.3) is 0 Å². The van der Waals surface area contributed by atoms with E-state index in [4.69, 9.17) is 0 Å². The number of hydrogen-bond acceptors (Lipinski definition) is 2. The first-order valence-corrected chi connectivity index (χ1v) is 8.62. The molecule has 1 N–H and O–H groups in total. The van der Waals surface area contributed by atoms with Crippen molar-refractivity contribution in [1.82, 2.24) is 5.32 Å². The highest BCUT2D eigenvalue weighted by atomic mass is 79.9. The number of benzene rings is 1. The molecule has 0 amide bonds. The van der Waals surface area contributed by atoms with Crippen LogP contribution in [-0.4, -0.2) is 17.5 Å². The highest BCUT2D eigenvalue weighted by Crippen LogP contribution is 2.30. The lowest BCUT2D eigenvalue weighted by atomic mass is 10.0. The third kappa shape index (κ3) is 4.29. The van der Waals surface area contributed by atoms with Crippen LogP contribution in [0.5, 0.6) is 0 Å². The van der Waals surface area contributed by atoms with Crippen LogP contribution in [0.15, 0.2) is 28.7 Å². The summed E-state index contributed by atoms with van der Waals surface area (Å²) in [6, 6.07) is 8.98. The number of halogens is 1. The van der Waals surface area contributed by atoms with Gasteiger partial charge in [0.2, 0.25) is 0 Å². The Balaban J connectivity index is 2.59. The van der Waals surface area contributed by atoms with E-state index in [-0.39, 0.29) is 0 Å². The second kappa shape index (κ2) is 7.56. The van der Waals surface area contributed by atoms with Crippen molar-refractivity contribution in [3.63, 3.8) is 0 Å². The minimum absolute atomic E-state index is 0.379. The van der Waals surface area contributed by atoms with Gasteiger partial charge in [-0.15, -0.1) is 0 Å². The molecule has 1 aromatic rings. The predicted molar refractivity (Wildman–Crippen MR) is 87.4 cm³/mol. The Hall–Kier alpha value is 0.01000. The van der Waals surface area contributed by atoms with Crippen LogP contribution in [0.2, 0.25) is 0 Å². The zero-order valence-electron chi connectivity index (χ0n) is 11.8.